The number of fused-ring (bicyclic) bond motifs is 2. The van der Waals surface area contributed by atoms with Gasteiger partial charge in [-0.3, -0.25) is 4.79 Å². The van der Waals surface area contributed by atoms with Crippen LogP contribution < -0.4 is 0 Å². The van der Waals surface area contributed by atoms with Gasteiger partial charge in [0, 0.05) is 18.9 Å². The molecule has 5 atom stereocenters. The summed E-state index contributed by atoms with van der Waals surface area (Å²) in [5.74, 6) is -1.32. The van der Waals surface area contributed by atoms with Crippen LogP contribution in [0.25, 0.3) is 0 Å². The molecule has 0 spiro atoms. The molecule has 3 aliphatic rings. The van der Waals surface area contributed by atoms with Gasteiger partial charge in [-0.25, -0.2) is 4.79 Å². The first-order valence-electron chi connectivity index (χ1n) is 7.89. The van der Waals surface area contributed by atoms with Gasteiger partial charge in [-0.15, -0.1) is 0 Å². The molecule has 0 amide bonds. The molecule has 0 saturated carbocycles. The lowest BCUT2D eigenvalue weighted by atomic mass is 9.83. The van der Waals surface area contributed by atoms with Crippen molar-refractivity contribution in [2.45, 2.75) is 57.0 Å². The fraction of sp³-hybridized carbons (Fsp3) is 0.647. The third kappa shape index (κ3) is 3.19. The van der Waals surface area contributed by atoms with Crippen molar-refractivity contribution in [3.63, 3.8) is 0 Å². The van der Waals surface area contributed by atoms with Gasteiger partial charge in [0.15, 0.2) is 0 Å². The van der Waals surface area contributed by atoms with E-state index < -0.39 is 24.1 Å². The number of hydrogen-bond donors (Lipinski definition) is 1. The van der Waals surface area contributed by atoms with Crippen LogP contribution in [0.3, 0.4) is 0 Å². The maximum absolute atomic E-state index is 11.8. The van der Waals surface area contributed by atoms with Crippen molar-refractivity contribution in [3.8, 4) is 0 Å². The number of rotatable bonds is 2. The van der Waals surface area contributed by atoms with Gasteiger partial charge in [-0.2, -0.15) is 0 Å². The van der Waals surface area contributed by atoms with Gasteiger partial charge in [0.2, 0.25) is 0 Å². The van der Waals surface area contributed by atoms with E-state index in [2.05, 4.69) is 6.58 Å². The lowest BCUT2D eigenvalue weighted by molar-refractivity contribution is -0.141. The molecule has 2 aliphatic heterocycles. The highest BCUT2D eigenvalue weighted by Crippen LogP contribution is 2.47. The number of ether oxygens (including phenoxy) is 3. The molecule has 2 heterocycles. The van der Waals surface area contributed by atoms with Gasteiger partial charge in [0.05, 0.1) is 23.7 Å². The van der Waals surface area contributed by atoms with Crippen molar-refractivity contribution in [2.24, 2.45) is 5.92 Å². The lowest BCUT2D eigenvalue weighted by Gasteiger charge is -2.24. The Morgan fingerprint density at radius 3 is 3.00 bits per heavy atom. The molecule has 0 unspecified atom stereocenters. The highest BCUT2D eigenvalue weighted by atomic mass is 16.6. The van der Waals surface area contributed by atoms with Gasteiger partial charge in [-0.1, -0.05) is 12.7 Å². The molecule has 1 aliphatic carbocycles. The molecule has 1 N–H and O–H groups in total. The minimum atomic E-state index is -0.900. The second kappa shape index (κ2) is 5.76. The Bertz CT molecular complexity index is 580. The van der Waals surface area contributed by atoms with E-state index in [1.807, 2.05) is 6.92 Å². The van der Waals surface area contributed by atoms with E-state index in [1.54, 1.807) is 6.08 Å². The molecular formula is C17H22O6. The summed E-state index contributed by atoms with van der Waals surface area (Å²) in [5, 5.41) is 10.6. The van der Waals surface area contributed by atoms with E-state index in [-0.39, 0.29) is 29.9 Å². The molecule has 2 saturated heterocycles. The monoisotopic (exact) mass is 322 g/mol. The van der Waals surface area contributed by atoms with Gasteiger partial charge >= 0.3 is 11.9 Å². The second-order valence-corrected chi connectivity index (χ2v) is 6.75. The number of esters is 2. The predicted molar refractivity (Wildman–Crippen MR) is 80.4 cm³/mol. The Balaban J connectivity index is 1.85. The molecule has 0 aromatic rings. The summed E-state index contributed by atoms with van der Waals surface area (Å²) >= 11 is 0. The van der Waals surface area contributed by atoms with Crippen LogP contribution in [0.2, 0.25) is 0 Å². The van der Waals surface area contributed by atoms with Gasteiger partial charge < -0.3 is 19.3 Å². The van der Waals surface area contributed by atoms with Crippen LogP contribution in [0.4, 0.5) is 0 Å². The Labute approximate surface area is 135 Å². The molecule has 2 fully saturated rings. The Morgan fingerprint density at radius 2 is 2.30 bits per heavy atom. The predicted octanol–water partition coefficient (Wildman–Crippen LogP) is 1.28. The Morgan fingerprint density at radius 1 is 1.57 bits per heavy atom. The summed E-state index contributed by atoms with van der Waals surface area (Å²) in [6, 6.07) is 0. The van der Waals surface area contributed by atoms with Crippen LogP contribution in [-0.4, -0.2) is 47.6 Å². The zero-order chi connectivity index (χ0) is 16.8. The average molecular weight is 322 g/mol. The maximum Gasteiger partial charge on any atom is 0.334 e. The second-order valence-electron chi connectivity index (χ2n) is 6.75. The van der Waals surface area contributed by atoms with Crippen molar-refractivity contribution in [1.29, 1.82) is 0 Å². The van der Waals surface area contributed by atoms with E-state index in [9.17, 15) is 14.7 Å². The van der Waals surface area contributed by atoms with Crippen LogP contribution in [0, 0.1) is 5.92 Å². The van der Waals surface area contributed by atoms with Crippen molar-refractivity contribution in [2.75, 3.05) is 6.61 Å². The normalized spacial score (nSPS) is 42.0. The molecule has 0 aromatic carbocycles. The first-order valence-corrected chi connectivity index (χ1v) is 7.89. The zero-order valence-electron chi connectivity index (χ0n) is 13.4. The third-order valence-electron chi connectivity index (χ3n) is 4.93. The molecule has 3 rings (SSSR count). The SMILES string of the molecule is C=C1C(=O)O[C@H]2C[C@]3(C)O[C@H]3CC/C(COC(C)=O)=C/[C@@H](O)[C@H]12. The lowest BCUT2D eigenvalue weighted by Crippen LogP contribution is -2.33. The largest absolute Gasteiger partial charge is 0.461 e. The average Bonchev–Trinajstić information content (AvgIpc) is 3.01. The van der Waals surface area contributed by atoms with Crippen LogP contribution in [0.15, 0.2) is 23.8 Å². The molecule has 0 aromatic heterocycles. The topological polar surface area (TPSA) is 85.4 Å². The third-order valence-corrected chi connectivity index (χ3v) is 4.93. The highest BCUT2D eigenvalue weighted by molar-refractivity contribution is 5.91. The van der Waals surface area contributed by atoms with Crippen LogP contribution >= 0.6 is 0 Å². The van der Waals surface area contributed by atoms with E-state index in [1.165, 1.54) is 6.92 Å². The van der Waals surface area contributed by atoms with E-state index >= 15 is 0 Å². The van der Waals surface area contributed by atoms with Crippen molar-refractivity contribution >= 4 is 11.9 Å². The van der Waals surface area contributed by atoms with Crippen molar-refractivity contribution in [3.05, 3.63) is 23.8 Å². The van der Waals surface area contributed by atoms with E-state index in [4.69, 9.17) is 14.2 Å². The highest BCUT2D eigenvalue weighted by Gasteiger charge is 2.56. The molecule has 6 heteroatoms. The van der Waals surface area contributed by atoms with Crippen LogP contribution in [0.1, 0.15) is 33.1 Å². The quantitative estimate of drug-likeness (QED) is 0.357. The molecule has 126 valence electrons. The number of aliphatic hydroxyl groups is 1. The van der Waals surface area contributed by atoms with Gasteiger partial charge in [0.25, 0.3) is 0 Å². The minimum absolute atomic E-state index is 0.0895. The van der Waals surface area contributed by atoms with Crippen molar-refractivity contribution < 1.29 is 28.9 Å². The summed E-state index contributed by atoms with van der Waals surface area (Å²) in [6.45, 7) is 7.24. The Hall–Kier alpha value is -1.66. The zero-order valence-corrected chi connectivity index (χ0v) is 13.4. The molecular weight excluding hydrogens is 300 g/mol. The van der Waals surface area contributed by atoms with Crippen LogP contribution in [-0.2, 0) is 23.8 Å². The maximum atomic E-state index is 11.8. The van der Waals surface area contributed by atoms with Crippen LogP contribution in [0.5, 0.6) is 0 Å². The summed E-state index contributed by atoms with van der Waals surface area (Å²) in [5.41, 5.74) is 0.766. The number of hydrogen-bond acceptors (Lipinski definition) is 6. The fourth-order valence-electron chi connectivity index (χ4n) is 3.54. The van der Waals surface area contributed by atoms with E-state index in [0.29, 0.717) is 12.8 Å². The summed E-state index contributed by atoms with van der Waals surface area (Å²) in [4.78, 5) is 22.9. The molecule has 6 nitrogen and oxygen atoms in total. The smallest absolute Gasteiger partial charge is 0.334 e. The molecule has 0 radical (unpaired) electrons. The standard InChI is InChI=1S/C17H22O6/c1-9-15-12(19)6-11(8-21-10(2)18)4-5-14-17(3,23-14)7-13(15)22-16(9)20/h6,12-15,19H,1,4-5,7-8H2,2-3H3/b11-6-/t12-,13+,14+,15+,17+/m1/s1. The minimum Gasteiger partial charge on any atom is -0.461 e. The number of aliphatic hydroxyl groups excluding tert-OH is 1. The first-order chi connectivity index (χ1) is 10.8. The number of carbonyl (C=O) groups is 2. The first kappa shape index (κ1) is 16.2. The number of carbonyl (C=O) groups excluding carboxylic acids is 2. The van der Waals surface area contributed by atoms with Gasteiger partial charge in [-0.05, 0) is 25.3 Å². The number of epoxide rings is 1. The summed E-state index contributed by atoms with van der Waals surface area (Å²) in [6.07, 6.45) is 2.42. The van der Waals surface area contributed by atoms with E-state index in [0.717, 1.165) is 12.0 Å². The van der Waals surface area contributed by atoms with Crippen molar-refractivity contribution in [1.82, 2.24) is 0 Å². The molecule has 0 bridgehead atoms. The van der Waals surface area contributed by atoms with Gasteiger partial charge in [0.1, 0.15) is 12.7 Å². The summed E-state index contributed by atoms with van der Waals surface area (Å²) < 4.78 is 16.2. The summed E-state index contributed by atoms with van der Waals surface area (Å²) in [7, 11) is 0. The molecule has 23 heavy (non-hydrogen) atoms. The fourth-order valence-corrected chi connectivity index (χ4v) is 3.54. The Kier molecular flexibility index (Phi) is 4.06.